The third kappa shape index (κ3) is 4.43. The van der Waals surface area contributed by atoms with Gasteiger partial charge in [-0.15, -0.1) is 0 Å². The Kier molecular flexibility index (Phi) is 4.39. The first-order valence-corrected chi connectivity index (χ1v) is 6.75. The third-order valence-corrected chi connectivity index (χ3v) is 3.75. The van der Waals surface area contributed by atoms with Crippen LogP contribution in [0.2, 0.25) is 0 Å². The van der Waals surface area contributed by atoms with Crippen LogP contribution in [0.5, 0.6) is 0 Å². The number of carbonyl (C=O) groups excluding carboxylic acids is 1. The maximum absolute atomic E-state index is 12.0. The molecular weight excluding hydrogens is 272 g/mol. The number of hydrogen-bond acceptors (Lipinski definition) is 7. The summed E-state index contributed by atoms with van der Waals surface area (Å²) in [7, 11) is -3.84. The molecule has 0 bridgehead atoms. The Hall–Kier alpha value is -1.78. The summed E-state index contributed by atoms with van der Waals surface area (Å²) >= 11 is 0. The Balaban J connectivity index is 2.94. The van der Waals surface area contributed by atoms with Crippen molar-refractivity contribution in [1.29, 1.82) is 0 Å². The minimum Gasteiger partial charge on any atom is -0.370 e. The van der Waals surface area contributed by atoms with E-state index in [2.05, 4.69) is 20.1 Å². The van der Waals surface area contributed by atoms with Gasteiger partial charge in [0.25, 0.3) is 0 Å². The molecule has 1 aromatic rings. The molecule has 0 atom stereocenters. The number of aromatic nitrogens is 2. The molecule has 106 valence electrons. The predicted molar refractivity (Wildman–Crippen MR) is 68.1 cm³/mol. The summed E-state index contributed by atoms with van der Waals surface area (Å²) in [6.45, 7) is 3.10. The van der Waals surface area contributed by atoms with Crippen LogP contribution in [0.1, 0.15) is 20.3 Å². The molecule has 0 unspecified atom stereocenters. The molecule has 0 spiro atoms. The van der Waals surface area contributed by atoms with Gasteiger partial charge in [-0.1, -0.05) is 0 Å². The minimum atomic E-state index is -3.84. The van der Waals surface area contributed by atoms with Crippen LogP contribution >= 0.6 is 0 Å². The Bertz CT molecular complexity index is 554. The van der Waals surface area contributed by atoms with Crippen LogP contribution < -0.4 is 21.7 Å². The number of nitrogens with zero attached hydrogens (tertiary/aromatic N) is 2. The van der Waals surface area contributed by atoms with Gasteiger partial charge in [0.15, 0.2) is 0 Å². The van der Waals surface area contributed by atoms with Gasteiger partial charge in [-0.25, -0.2) is 29.0 Å². The van der Waals surface area contributed by atoms with Crippen molar-refractivity contribution < 1.29 is 13.2 Å². The highest BCUT2D eigenvalue weighted by atomic mass is 32.2. The van der Waals surface area contributed by atoms with E-state index in [4.69, 9.17) is 11.6 Å². The highest BCUT2D eigenvalue weighted by Gasteiger charge is 2.28. The Morgan fingerprint density at radius 2 is 1.89 bits per heavy atom. The second-order valence-electron chi connectivity index (χ2n) is 4.52. The largest absolute Gasteiger partial charge is 0.370 e. The predicted octanol–water partition coefficient (Wildman–Crippen LogP) is -1.31. The first-order valence-electron chi connectivity index (χ1n) is 5.27. The van der Waals surface area contributed by atoms with Gasteiger partial charge < -0.3 is 5.73 Å². The molecule has 0 saturated carbocycles. The van der Waals surface area contributed by atoms with Gasteiger partial charge in [0.1, 0.15) is 4.90 Å². The van der Waals surface area contributed by atoms with E-state index >= 15 is 0 Å². The van der Waals surface area contributed by atoms with E-state index in [-0.39, 0.29) is 17.3 Å². The van der Waals surface area contributed by atoms with Gasteiger partial charge in [0, 0.05) is 12.0 Å². The summed E-state index contributed by atoms with van der Waals surface area (Å²) in [5, 5.41) is 0. The van der Waals surface area contributed by atoms with Crippen molar-refractivity contribution in [2.45, 2.75) is 30.7 Å². The fraction of sp³-hybridized carbons (Fsp3) is 0.444. The SMILES string of the molecule is CC(C)(CC(N)=O)NS(=O)(=O)c1cnc(NN)nc1. The van der Waals surface area contributed by atoms with Crippen molar-refractivity contribution in [3.05, 3.63) is 12.4 Å². The number of hydrazine groups is 1. The number of nitrogens with one attached hydrogen (secondary N) is 2. The van der Waals surface area contributed by atoms with E-state index in [1.807, 2.05) is 0 Å². The van der Waals surface area contributed by atoms with Crippen LogP contribution in [0, 0.1) is 0 Å². The van der Waals surface area contributed by atoms with Crippen LogP contribution in [-0.2, 0) is 14.8 Å². The molecule has 10 heteroatoms. The average molecular weight is 288 g/mol. The van der Waals surface area contributed by atoms with Crippen LogP contribution in [-0.4, -0.2) is 29.8 Å². The van der Waals surface area contributed by atoms with Gasteiger partial charge in [-0.05, 0) is 13.8 Å². The van der Waals surface area contributed by atoms with Crippen molar-refractivity contribution in [2.75, 3.05) is 5.43 Å². The zero-order valence-corrected chi connectivity index (χ0v) is 11.4. The number of primary amides is 1. The number of anilines is 1. The monoisotopic (exact) mass is 288 g/mol. The molecule has 19 heavy (non-hydrogen) atoms. The Morgan fingerprint density at radius 3 is 2.32 bits per heavy atom. The van der Waals surface area contributed by atoms with Gasteiger partial charge in [-0.2, -0.15) is 0 Å². The number of rotatable bonds is 6. The van der Waals surface area contributed by atoms with Crippen LogP contribution in [0.15, 0.2) is 17.3 Å². The second-order valence-corrected chi connectivity index (χ2v) is 6.20. The van der Waals surface area contributed by atoms with E-state index in [9.17, 15) is 13.2 Å². The van der Waals surface area contributed by atoms with E-state index in [0.717, 1.165) is 12.4 Å². The van der Waals surface area contributed by atoms with Crippen LogP contribution in [0.4, 0.5) is 5.95 Å². The van der Waals surface area contributed by atoms with Gasteiger partial charge >= 0.3 is 0 Å². The van der Waals surface area contributed by atoms with Crippen molar-refractivity contribution in [2.24, 2.45) is 11.6 Å². The maximum atomic E-state index is 12.0. The molecular formula is C9H16N6O3S. The van der Waals surface area contributed by atoms with E-state index in [0.29, 0.717) is 0 Å². The Labute approximate surface area is 110 Å². The van der Waals surface area contributed by atoms with E-state index in [1.165, 1.54) is 0 Å². The summed E-state index contributed by atoms with van der Waals surface area (Å²) < 4.78 is 26.4. The quantitative estimate of drug-likeness (QED) is 0.374. The second kappa shape index (κ2) is 5.47. The fourth-order valence-electron chi connectivity index (χ4n) is 1.42. The molecule has 1 amide bonds. The average Bonchev–Trinajstić information content (AvgIpc) is 2.25. The van der Waals surface area contributed by atoms with Gasteiger partial charge in [0.2, 0.25) is 21.9 Å². The zero-order valence-electron chi connectivity index (χ0n) is 10.5. The van der Waals surface area contributed by atoms with Crippen molar-refractivity contribution >= 4 is 21.9 Å². The first-order chi connectivity index (χ1) is 8.66. The highest BCUT2D eigenvalue weighted by Crippen LogP contribution is 2.14. The molecule has 0 aliphatic heterocycles. The van der Waals surface area contributed by atoms with Crippen molar-refractivity contribution in [3.63, 3.8) is 0 Å². The number of carbonyl (C=O) groups is 1. The number of nitrogens with two attached hydrogens (primary N) is 2. The number of hydrogen-bond donors (Lipinski definition) is 4. The summed E-state index contributed by atoms with van der Waals surface area (Å²) in [5.41, 5.74) is 6.23. The van der Waals surface area contributed by atoms with Crippen LogP contribution in [0.3, 0.4) is 0 Å². The van der Waals surface area contributed by atoms with Crippen molar-refractivity contribution in [3.8, 4) is 0 Å². The molecule has 0 aromatic carbocycles. The lowest BCUT2D eigenvalue weighted by Crippen LogP contribution is -2.45. The smallest absolute Gasteiger partial charge is 0.244 e. The minimum absolute atomic E-state index is 0.0929. The molecule has 6 N–H and O–H groups in total. The molecule has 0 radical (unpaired) electrons. The molecule has 0 aliphatic rings. The lowest BCUT2D eigenvalue weighted by molar-refractivity contribution is -0.119. The van der Waals surface area contributed by atoms with Gasteiger partial charge in [0.05, 0.1) is 12.4 Å². The molecule has 0 saturated heterocycles. The number of sulfonamides is 1. The van der Waals surface area contributed by atoms with Gasteiger partial charge in [-0.3, -0.25) is 10.2 Å². The van der Waals surface area contributed by atoms with Crippen molar-refractivity contribution in [1.82, 2.24) is 14.7 Å². The lowest BCUT2D eigenvalue weighted by Gasteiger charge is -2.24. The molecule has 1 rings (SSSR count). The van der Waals surface area contributed by atoms with E-state index in [1.54, 1.807) is 13.8 Å². The number of nitrogen functional groups attached to an aromatic ring is 1. The summed E-state index contributed by atoms with van der Waals surface area (Å²) in [6.07, 6.45) is 2.07. The molecule has 0 fully saturated rings. The maximum Gasteiger partial charge on any atom is 0.244 e. The molecule has 0 aliphatic carbocycles. The summed E-state index contributed by atoms with van der Waals surface area (Å²) in [5.74, 6) is 4.56. The van der Waals surface area contributed by atoms with E-state index < -0.39 is 21.5 Å². The summed E-state index contributed by atoms with van der Waals surface area (Å²) in [6, 6.07) is 0. The topological polar surface area (TPSA) is 153 Å². The lowest BCUT2D eigenvalue weighted by atomic mass is 10.0. The fourth-order valence-corrected chi connectivity index (χ4v) is 2.72. The molecule has 9 nitrogen and oxygen atoms in total. The van der Waals surface area contributed by atoms with Crippen LogP contribution in [0.25, 0.3) is 0 Å². The zero-order chi connectivity index (χ0) is 14.7. The highest BCUT2D eigenvalue weighted by molar-refractivity contribution is 7.89. The number of amides is 1. The Morgan fingerprint density at radius 1 is 1.37 bits per heavy atom. The molecule has 1 aromatic heterocycles. The first kappa shape index (κ1) is 15.3. The third-order valence-electron chi connectivity index (χ3n) is 2.09. The molecule has 1 heterocycles. The standard InChI is InChI=1S/C9H16N6O3S/c1-9(2,3-7(10)16)15-19(17,18)6-4-12-8(14-11)13-5-6/h4-5,15H,3,11H2,1-2H3,(H2,10,16)(H,12,13,14). The normalized spacial score (nSPS) is 12.2. The summed E-state index contributed by atoms with van der Waals surface area (Å²) in [4.78, 5) is 18.1.